The Labute approximate surface area is 98.2 Å². The fourth-order valence-corrected chi connectivity index (χ4v) is 2.73. The Kier molecular flexibility index (Phi) is 2.53. The maximum absolute atomic E-state index is 13.3. The molecule has 1 aromatic rings. The molecule has 0 spiro atoms. The summed E-state index contributed by atoms with van der Waals surface area (Å²) in [7, 11) is 0. The minimum atomic E-state index is -0.168. The van der Waals surface area contributed by atoms with Crippen LogP contribution in [0.2, 0.25) is 0 Å². The lowest BCUT2D eigenvalue weighted by Gasteiger charge is -2.26. The van der Waals surface area contributed by atoms with Gasteiger partial charge in [0.25, 0.3) is 0 Å². The number of benzene rings is 1. The quantitative estimate of drug-likeness (QED) is 0.748. The van der Waals surface area contributed by atoms with Gasteiger partial charge in [-0.05, 0) is 39.0 Å². The minimum absolute atomic E-state index is 0.158. The number of halogens is 2. The van der Waals surface area contributed by atoms with Gasteiger partial charge >= 0.3 is 0 Å². The van der Waals surface area contributed by atoms with Gasteiger partial charge in [-0.15, -0.1) is 0 Å². The number of fused-ring (bicyclic) bond motifs is 1. The van der Waals surface area contributed by atoms with Crippen LogP contribution in [-0.2, 0) is 0 Å². The molecule has 15 heavy (non-hydrogen) atoms. The smallest absolute Gasteiger partial charge is 0.124 e. The summed E-state index contributed by atoms with van der Waals surface area (Å²) in [6.07, 6.45) is 0. The second-order valence-electron chi connectivity index (χ2n) is 5.15. The molecule has 2 rings (SSSR count). The standard InChI is InChI=1S/C12H15BrFN/c1-12(2,3)9-6-15-11-8(9)4-7(14)5-10(11)13/h4-5,9,15H,6H2,1-3H3. The van der Waals surface area contributed by atoms with Crippen molar-refractivity contribution in [2.24, 2.45) is 5.41 Å². The molecule has 1 heterocycles. The number of nitrogens with one attached hydrogen (secondary N) is 1. The van der Waals surface area contributed by atoms with E-state index in [0.717, 1.165) is 22.3 Å². The summed E-state index contributed by atoms with van der Waals surface area (Å²) in [5.74, 6) is 0.207. The summed E-state index contributed by atoms with van der Waals surface area (Å²) in [6.45, 7) is 7.45. The van der Waals surface area contributed by atoms with Gasteiger partial charge in [-0.1, -0.05) is 20.8 Å². The van der Waals surface area contributed by atoms with Gasteiger partial charge in [0, 0.05) is 16.9 Å². The minimum Gasteiger partial charge on any atom is -0.383 e. The van der Waals surface area contributed by atoms with Crippen molar-refractivity contribution < 1.29 is 4.39 Å². The van der Waals surface area contributed by atoms with Crippen LogP contribution in [0.1, 0.15) is 32.3 Å². The van der Waals surface area contributed by atoms with E-state index >= 15 is 0 Å². The summed E-state index contributed by atoms with van der Waals surface area (Å²) in [4.78, 5) is 0. The van der Waals surface area contributed by atoms with E-state index in [1.165, 1.54) is 6.07 Å². The molecule has 0 bridgehead atoms. The normalized spacial score (nSPS) is 19.9. The van der Waals surface area contributed by atoms with E-state index in [2.05, 4.69) is 42.0 Å². The maximum Gasteiger partial charge on any atom is 0.124 e. The van der Waals surface area contributed by atoms with E-state index in [0.29, 0.717) is 5.92 Å². The van der Waals surface area contributed by atoms with Crippen LogP contribution in [0.25, 0.3) is 0 Å². The van der Waals surface area contributed by atoms with E-state index in [1.807, 2.05) is 0 Å². The molecule has 1 aliphatic heterocycles. The molecule has 0 radical (unpaired) electrons. The molecule has 0 saturated heterocycles. The van der Waals surface area contributed by atoms with Crippen molar-refractivity contribution in [3.63, 3.8) is 0 Å². The summed E-state index contributed by atoms with van der Waals surface area (Å²) in [5.41, 5.74) is 2.30. The molecule has 1 aromatic carbocycles. The average molecular weight is 272 g/mol. The highest BCUT2D eigenvalue weighted by molar-refractivity contribution is 9.10. The Hall–Kier alpha value is -0.570. The predicted octanol–water partition coefficient (Wildman–Crippen LogP) is 4.14. The van der Waals surface area contributed by atoms with E-state index in [4.69, 9.17) is 0 Å². The van der Waals surface area contributed by atoms with Crippen LogP contribution in [0, 0.1) is 11.2 Å². The van der Waals surface area contributed by atoms with Gasteiger partial charge in [0.05, 0.1) is 5.69 Å². The molecule has 0 aromatic heterocycles. The van der Waals surface area contributed by atoms with Crippen molar-refractivity contribution in [1.82, 2.24) is 0 Å². The van der Waals surface area contributed by atoms with Gasteiger partial charge in [-0.2, -0.15) is 0 Å². The van der Waals surface area contributed by atoms with Gasteiger partial charge in [-0.3, -0.25) is 0 Å². The number of hydrogen-bond donors (Lipinski definition) is 1. The van der Waals surface area contributed by atoms with Crippen molar-refractivity contribution in [3.8, 4) is 0 Å². The van der Waals surface area contributed by atoms with Gasteiger partial charge in [0.15, 0.2) is 0 Å². The highest BCUT2D eigenvalue weighted by Gasteiger charge is 2.33. The zero-order chi connectivity index (χ0) is 11.2. The molecule has 0 aliphatic carbocycles. The number of rotatable bonds is 0. The first-order valence-electron chi connectivity index (χ1n) is 5.12. The summed E-state index contributed by atoms with van der Waals surface area (Å²) in [5, 5.41) is 3.34. The van der Waals surface area contributed by atoms with Crippen LogP contribution < -0.4 is 5.32 Å². The fraction of sp³-hybridized carbons (Fsp3) is 0.500. The number of anilines is 1. The summed E-state index contributed by atoms with van der Waals surface area (Å²) < 4.78 is 14.1. The predicted molar refractivity (Wildman–Crippen MR) is 64.8 cm³/mol. The lowest BCUT2D eigenvalue weighted by Crippen LogP contribution is -2.19. The van der Waals surface area contributed by atoms with E-state index in [-0.39, 0.29) is 11.2 Å². The van der Waals surface area contributed by atoms with Crippen LogP contribution in [0.3, 0.4) is 0 Å². The van der Waals surface area contributed by atoms with Crippen molar-refractivity contribution in [1.29, 1.82) is 0 Å². The largest absolute Gasteiger partial charge is 0.383 e. The van der Waals surface area contributed by atoms with Crippen LogP contribution in [0.4, 0.5) is 10.1 Å². The Morgan fingerprint density at radius 1 is 1.40 bits per heavy atom. The van der Waals surface area contributed by atoms with Crippen LogP contribution in [0.15, 0.2) is 16.6 Å². The van der Waals surface area contributed by atoms with Gasteiger partial charge in [0.1, 0.15) is 5.82 Å². The zero-order valence-corrected chi connectivity index (χ0v) is 10.8. The Bertz CT molecular complexity index is 395. The first kappa shape index (κ1) is 10.9. The SMILES string of the molecule is CC(C)(C)C1CNc2c(Br)cc(F)cc21. The van der Waals surface area contributed by atoms with Gasteiger partial charge < -0.3 is 5.32 Å². The van der Waals surface area contributed by atoms with Crippen molar-refractivity contribution in [3.05, 3.63) is 28.0 Å². The zero-order valence-electron chi connectivity index (χ0n) is 9.20. The average Bonchev–Trinajstić information content (AvgIpc) is 2.45. The van der Waals surface area contributed by atoms with Crippen LogP contribution >= 0.6 is 15.9 Å². The monoisotopic (exact) mass is 271 g/mol. The van der Waals surface area contributed by atoms with Crippen molar-refractivity contribution in [2.45, 2.75) is 26.7 Å². The Balaban J connectivity index is 2.51. The molecule has 82 valence electrons. The summed E-state index contributed by atoms with van der Waals surface area (Å²) in [6, 6.07) is 3.16. The van der Waals surface area contributed by atoms with Gasteiger partial charge in [-0.25, -0.2) is 4.39 Å². The third-order valence-corrected chi connectivity index (χ3v) is 3.61. The molecule has 1 aliphatic rings. The molecule has 1 nitrogen and oxygen atoms in total. The summed E-state index contributed by atoms with van der Waals surface area (Å²) >= 11 is 3.39. The fourth-order valence-electron chi connectivity index (χ4n) is 2.14. The lowest BCUT2D eigenvalue weighted by atomic mass is 9.78. The molecular weight excluding hydrogens is 257 g/mol. The third-order valence-electron chi connectivity index (χ3n) is 2.99. The molecule has 0 fully saturated rings. The molecule has 1 unspecified atom stereocenters. The maximum atomic E-state index is 13.3. The molecule has 0 amide bonds. The highest BCUT2D eigenvalue weighted by atomic mass is 79.9. The molecule has 3 heteroatoms. The molecular formula is C12H15BrFN. The second kappa shape index (κ2) is 3.48. The highest BCUT2D eigenvalue weighted by Crippen LogP contribution is 2.45. The van der Waals surface area contributed by atoms with Crippen LogP contribution in [-0.4, -0.2) is 6.54 Å². The topological polar surface area (TPSA) is 12.0 Å². The van der Waals surface area contributed by atoms with Crippen molar-refractivity contribution in [2.75, 3.05) is 11.9 Å². The van der Waals surface area contributed by atoms with Crippen LogP contribution in [0.5, 0.6) is 0 Å². The molecule has 0 saturated carbocycles. The number of hydrogen-bond acceptors (Lipinski definition) is 1. The Morgan fingerprint density at radius 2 is 2.07 bits per heavy atom. The second-order valence-corrected chi connectivity index (χ2v) is 6.01. The molecule has 1 N–H and O–H groups in total. The first-order valence-corrected chi connectivity index (χ1v) is 5.91. The van der Waals surface area contributed by atoms with Gasteiger partial charge in [0.2, 0.25) is 0 Å². The van der Waals surface area contributed by atoms with E-state index in [9.17, 15) is 4.39 Å². The van der Waals surface area contributed by atoms with E-state index < -0.39 is 0 Å². The third kappa shape index (κ3) is 1.89. The Morgan fingerprint density at radius 3 is 2.67 bits per heavy atom. The van der Waals surface area contributed by atoms with E-state index in [1.54, 1.807) is 6.07 Å². The first-order chi connectivity index (χ1) is 6.89. The molecule has 1 atom stereocenters. The lowest BCUT2D eigenvalue weighted by molar-refractivity contribution is 0.339. The van der Waals surface area contributed by atoms with Crippen molar-refractivity contribution >= 4 is 21.6 Å².